The number of aliphatic hydroxyl groups is 1. The monoisotopic (exact) mass is 260 g/mol. The predicted octanol–water partition coefficient (Wildman–Crippen LogP) is 3.20. The van der Waals surface area contributed by atoms with Crippen LogP contribution in [0.1, 0.15) is 33.6 Å². The van der Waals surface area contributed by atoms with Crippen LogP contribution in [0.15, 0.2) is 30.3 Å². The van der Waals surface area contributed by atoms with Crippen molar-refractivity contribution in [2.75, 3.05) is 18.0 Å². The number of nitriles is 1. The Labute approximate surface area is 116 Å². The van der Waals surface area contributed by atoms with Gasteiger partial charge < -0.3 is 10.0 Å². The summed E-state index contributed by atoms with van der Waals surface area (Å²) in [7, 11) is 0. The quantitative estimate of drug-likeness (QED) is 0.819. The first-order valence-corrected chi connectivity index (χ1v) is 6.88. The Morgan fingerprint density at radius 1 is 1.32 bits per heavy atom. The van der Waals surface area contributed by atoms with Gasteiger partial charge in [-0.3, -0.25) is 0 Å². The second kappa shape index (κ2) is 7.16. The molecule has 0 aliphatic rings. The second-order valence-corrected chi connectivity index (χ2v) is 5.59. The summed E-state index contributed by atoms with van der Waals surface area (Å²) in [5.41, 5.74) is 0.772. The fourth-order valence-electron chi connectivity index (χ4n) is 1.82. The van der Waals surface area contributed by atoms with Crippen molar-refractivity contribution < 1.29 is 5.11 Å². The first kappa shape index (κ1) is 15.5. The number of hydrogen-bond acceptors (Lipinski definition) is 3. The fraction of sp³-hybridized carbons (Fsp3) is 0.562. The number of anilines is 1. The average molecular weight is 260 g/mol. The standard InChI is InChI=1S/C16H24N2O/c1-4-15(19)12-18(11-10-16(2,3)13-17)14-8-6-5-7-9-14/h5-9,15,19H,4,10-12H2,1-3H3. The Morgan fingerprint density at radius 2 is 1.95 bits per heavy atom. The summed E-state index contributed by atoms with van der Waals surface area (Å²) < 4.78 is 0. The van der Waals surface area contributed by atoms with E-state index in [9.17, 15) is 5.11 Å². The Bertz CT molecular complexity index is 409. The summed E-state index contributed by atoms with van der Waals surface area (Å²) in [6.07, 6.45) is 1.20. The summed E-state index contributed by atoms with van der Waals surface area (Å²) in [5.74, 6) is 0. The van der Waals surface area contributed by atoms with Gasteiger partial charge in [0, 0.05) is 18.8 Å². The van der Waals surface area contributed by atoms with Gasteiger partial charge in [-0.1, -0.05) is 25.1 Å². The van der Waals surface area contributed by atoms with Crippen molar-refractivity contribution in [3.05, 3.63) is 30.3 Å². The third kappa shape index (κ3) is 5.32. The predicted molar refractivity (Wildman–Crippen MR) is 79.0 cm³/mol. The van der Waals surface area contributed by atoms with Crippen molar-refractivity contribution in [3.8, 4) is 6.07 Å². The highest BCUT2D eigenvalue weighted by Crippen LogP contribution is 2.22. The highest BCUT2D eigenvalue weighted by atomic mass is 16.3. The van der Waals surface area contributed by atoms with Gasteiger partial charge in [0.1, 0.15) is 0 Å². The van der Waals surface area contributed by atoms with Crippen LogP contribution in [0.3, 0.4) is 0 Å². The molecule has 1 rings (SSSR count). The minimum Gasteiger partial charge on any atom is -0.391 e. The molecule has 0 aliphatic heterocycles. The maximum Gasteiger partial charge on any atom is 0.0712 e. The van der Waals surface area contributed by atoms with Crippen molar-refractivity contribution in [2.24, 2.45) is 5.41 Å². The third-order valence-electron chi connectivity index (χ3n) is 3.33. The molecule has 0 radical (unpaired) electrons. The summed E-state index contributed by atoms with van der Waals surface area (Å²) in [6, 6.07) is 12.4. The van der Waals surface area contributed by atoms with Crippen LogP contribution in [0.25, 0.3) is 0 Å². The van der Waals surface area contributed by atoms with E-state index >= 15 is 0 Å². The molecule has 1 aromatic rings. The molecule has 104 valence electrons. The van der Waals surface area contributed by atoms with Crippen molar-refractivity contribution in [3.63, 3.8) is 0 Å². The lowest BCUT2D eigenvalue weighted by atomic mass is 9.91. The van der Waals surface area contributed by atoms with Crippen LogP contribution in [0, 0.1) is 16.7 Å². The Balaban J connectivity index is 2.74. The number of hydrogen-bond donors (Lipinski definition) is 1. The van der Waals surface area contributed by atoms with E-state index in [-0.39, 0.29) is 11.5 Å². The molecule has 1 N–H and O–H groups in total. The van der Waals surface area contributed by atoms with Crippen molar-refractivity contribution in [2.45, 2.75) is 39.7 Å². The van der Waals surface area contributed by atoms with Gasteiger partial charge in [0.15, 0.2) is 0 Å². The molecular formula is C16H24N2O. The van der Waals surface area contributed by atoms with Gasteiger partial charge in [0.05, 0.1) is 17.6 Å². The molecule has 1 unspecified atom stereocenters. The molecule has 19 heavy (non-hydrogen) atoms. The van der Waals surface area contributed by atoms with Gasteiger partial charge in [-0.15, -0.1) is 0 Å². The smallest absolute Gasteiger partial charge is 0.0712 e. The first-order chi connectivity index (χ1) is 8.98. The van der Waals surface area contributed by atoms with E-state index in [1.165, 1.54) is 0 Å². The molecule has 3 nitrogen and oxygen atoms in total. The molecule has 3 heteroatoms. The molecule has 0 amide bonds. The zero-order chi connectivity index (χ0) is 14.3. The molecule has 0 spiro atoms. The maximum atomic E-state index is 9.87. The van der Waals surface area contributed by atoms with Gasteiger partial charge in [-0.05, 0) is 38.8 Å². The highest BCUT2D eigenvalue weighted by molar-refractivity contribution is 5.46. The molecule has 1 atom stereocenters. The van der Waals surface area contributed by atoms with E-state index in [1.807, 2.05) is 51.1 Å². The molecule has 0 saturated heterocycles. The third-order valence-corrected chi connectivity index (χ3v) is 3.33. The van der Waals surface area contributed by atoms with Crippen molar-refractivity contribution >= 4 is 5.69 Å². The van der Waals surface area contributed by atoms with Crippen molar-refractivity contribution in [1.82, 2.24) is 0 Å². The SMILES string of the molecule is CCC(O)CN(CCC(C)(C)C#N)c1ccccc1. The van der Waals surface area contributed by atoms with E-state index in [1.54, 1.807) is 0 Å². The zero-order valence-electron chi connectivity index (χ0n) is 12.1. The highest BCUT2D eigenvalue weighted by Gasteiger charge is 2.19. The minimum atomic E-state index is -0.329. The number of para-hydroxylation sites is 1. The van der Waals surface area contributed by atoms with Crippen LogP contribution >= 0.6 is 0 Å². The topological polar surface area (TPSA) is 47.3 Å². The molecule has 1 aromatic carbocycles. The van der Waals surface area contributed by atoms with Gasteiger partial charge in [0.25, 0.3) is 0 Å². The van der Waals surface area contributed by atoms with E-state index < -0.39 is 0 Å². The van der Waals surface area contributed by atoms with Gasteiger partial charge in [0.2, 0.25) is 0 Å². The first-order valence-electron chi connectivity index (χ1n) is 6.88. The van der Waals surface area contributed by atoms with Crippen LogP contribution in [0.5, 0.6) is 0 Å². The van der Waals surface area contributed by atoms with Gasteiger partial charge in [-0.2, -0.15) is 5.26 Å². The van der Waals surface area contributed by atoms with E-state index in [0.717, 1.165) is 25.1 Å². The van der Waals surface area contributed by atoms with Crippen LogP contribution in [0.4, 0.5) is 5.69 Å². The normalized spacial score (nSPS) is 12.8. The van der Waals surface area contributed by atoms with E-state index in [2.05, 4.69) is 11.0 Å². The molecule has 0 aromatic heterocycles. The lowest BCUT2D eigenvalue weighted by Crippen LogP contribution is -2.34. The van der Waals surface area contributed by atoms with Gasteiger partial charge in [-0.25, -0.2) is 0 Å². The molecule has 0 fully saturated rings. The fourth-order valence-corrected chi connectivity index (χ4v) is 1.82. The lowest BCUT2D eigenvalue weighted by molar-refractivity contribution is 0.175. The number of rotatable bonds is 7. The van der Waals surface area contributed by atoms with Gasteiger partial charge >= 0.3 is 0 Å². The summed E-state index contributed by atoms with van der Waals surface area (Å²) in [6.45, 7) is 7.27. The van der Waals surface area contributed by atoms with Crippen LogP contribution < -0.4 is 4.90 Å². The Kier molecular flexibility index (Phi) is 5.85. The molecule has 0 bridgehead atoms. The maximum absolute atomic E-state index is 9.87. The minimum absolute atomic E-state index is 0.328. The number of nitrogens with zero attached hydrogens (tertiary/aromatic N) is 2. The van der Waals surface area contributed by atoms with Crippen molar-refractivity contribution in [1.29, 1.82) is 5.26 Å². The van der Waals surface area contributed by atoms with E-state index in [4.69, 9.17) is 5.26 Å². The largest absolute Gasteiger partial charge is 0.391 e. The number of benzene rings is 1. The van der Waals surface area contributed by atoms with Crippen LogP contribution in [-0.4, -0.2) is 24.3 Å². The summed E-state index contributed by atoms with van der Waals surface area (Å²) in [5, 5.41) is 19.0. The molecule has 0 saturated carbocycles. The molecule has 0 heterocycles. The average Bonchev–Trinajstić information content (AvgIpc) is 2.44. The summed E-state index contributed by atoms with van der Waals surface area (Å²) in [4.78, 5) is 2.16. The molecule has 0 aliphatic carbocycles. The summed E-state index contributed by atoms with van der Waals surface area (Å²) >= 11 is 0. The Morgan fingerprint density at radius 3 is 2.47 bits per heavy atom. The Hall–Kier alpha value is -1.53. The van der Waals surface area contributed by atoms with E-state index in [0.29, 0.717) is 6.54 Å². The lowest BCUT2D eigenvalue weighted by Gasteiger charge is -2.29. The zero-order valence-corrected chi connectivity index (χ0v) is 12.1. The van der Waals surface area contributed by atoms with Crippen LogP contribution in [-0.2, 0) is 0 Å². The van der Waals surface area contributed by atoms with Crippen LogP contribution in [0.2, 0.25) is 0 Å². The molecular weight excluding hydrogens is 236 g/mol. The number of aliphatic hydroxyl groups excluding tert-OH is 1. The second-order valence-electron chi connectivity index (χ2n) is 5.59.